The molecule has 1 aromatic heterocycles. The van der Waals surface area contributed by atoms with Gasteiger partial charge in [0.2, 0.25) is 5.91 Å². The molecule has 1 aliphatic rings. The average molecular weight is 395 g/mol. The quantitative estimate of drug-likeness (QED) is 0.633. The van der Waals surface area contributed by atoms with E-state index in [2.05, 4.69) is 26.7 Å². The minimum atomic E-state index is -0.722. The summed E-state index contributed by atoms with van der Waals surface area (Å²) in [7, 11) is 1.36. The monoisotopic (exact) mass is 395 g/mol. The number of aromatic nitrogens is 2. The van der Waals surface area contributed by atoms with Crippen LogP contribution in [0.15, 0.2) is 36.8 Å². The summed E-state index contributed by atoms with van der Waals surface area (Å²) in [6, 6.07) is 9.40. The van der Waals surface area contributed by atoms with Crippen LogP contribution in [0.4, 0.5) is 0 Å². The first kappa shape index (κ1) is 20.6. The standard InChI is InChI=1S/C21H25N5O3/c1-21(18-12-24-13-25-18,8-14-3-5-15(9-22)6-4-14)26-19(27)16-7-17(11-23-10-16)20(28)29-2/h3-6,12-13,16-17,23H,7-8,10-11H2,1-2H3,(H,24,25)(H,26,27). The molecule has 0 radical (unpaired) electrons. The predicted octanol–water partition coefficient (Wildman–Crippen LogP) is 1.25. The molecule has 2 heterocycles. The van der Waals surface area contributed by atoms with E-state index < -0.39 is 5.54 Å². The molecule has 0 spiro atoms. The number of H-pyrrole nitrogens is 1. The van der Waals surface area contributed by atoms with Gasteiger partial charge in [-0.2, -0.15) is 5.26 Å². The van der Waals surface area contributed by atoms with Crippen molar-refractivity contribution < 1.29 is 14.3 Å². The second kappa shape index (κ2) is 8.88. The Morgan fingerprint density at radius 2 is 2.03 bits per heavy atom. The lowest BCUT2D eigenvalue weighted by atomic mass is 9.86. The summed E-state index contributed by atoms with van der Waals surface area (Å²) in [5.41, 5.74) is 1.63. The second-order valence-corrected chi connectivity index (χ2v) is 7.58. The minimum absolute atomic E-state index is 0.128. The number of hydrogen-bond acceptors (Lipinski definition) is 6. The first-order valence-corrected chi connectivity index (χ1v) is 9.53. The maximum Gasteiger partial charge on any atom is 0.309 e. The number of methoxy groups -OCH3 is 1. The summed E-state index contributed by atoms with van der Waals surface area (Å²) in [4.78, 5) is 32.1. The van der Waals surface area contributed by atoms with E-state index >= 15 is 0 Å². The molecule has 3 N–H and O–H groups in total. The van der Waals surface area contributed by atoms with E-state index in [1.54, 1.807) is 24.7 Å². The lowest BCUT2D eigenvalue weighted by Gasteiger charge is -2.34. The molecule has 152 valence electrons. The minimum Gasteiger partial charge on any atom is -0.469 e. The predicted molar refractivity (Wildman–Crippen MR) is 105 cm³/mol. The van der Waals surface area contributed by atoms with E-state index in [9.17, 15) is 9.59 Å². The van der Waals surface area contributed by atoms with Gasteiger partial charge < -0.3 is 20.4 Å². The van der Waals surface area contributed by atoms with Crippen molar-refractivity contribution >= 4 is 11.9 Å². The van der Waals surface area contributed by atoms with Crippen molar-refractivity contribution in [3.8, 4) is 6.07 Å². The van der Waals surface area contributed by atoms with Gasteiger partial charge in [-0.25, -0.2) is 4.98 Å². The van der Waals surface area contributed by atoms with E-state index in [0.29, 0.717) is 31.5 Å². The van der Waals surface area contributed by atoms with Crippen LogP contribution in [0, 0.1) is 23.2 Å². The van der Waals surface area contributed by atoms with E-state index in [1.807, 2.05) is 19.1 Å². The van der Waals surface area contributed by atoms with Crippen LogP contribution < -0.4 is 10.6 Å². The number of rotatable bonds is 6. The molecule has 8 heteroatoms. The van der Waals surface area contributed by atoms with Gasteiger partial charge in [-0.1, -0.05) is 12.1 Å². The van der Waals surface area contributed by atoms with Crippen molar-refractivity contribution in [1.82, 2.24) is 20.6 Å². The van der Waals surface area contributed by atoms with Gasteiger partial charge in [0.25, 0.3) is 0 Å². The second-order valence-electron chi connectivity index (χ2n) is 7.58. The van der Waals surface area contributed by atoms with Gasteiger partial charge in [0, 0.05) is 19.5 Å². The topological polar surface area (TPSA) is 120 Å². The number of piperidine rings is 1. The first-order valence-electron chi connectivity index (χ1n) is 9.53. The summed E-state index contributed by atoms with van der Waals surface area (Å²) in [6.07, 6.45) is 4.24. The van der Waals surface area contributed by atoms with Crippen LogP contribution in [0.2, 0.25) is 0 Å². The molecule has 2 aromatic rings. The molecule has 3 atom stereocenters. The number of aromatic amines is 1. The van der Waals surface area contributed by atoms with Gasteiger partial charge in [-0.05, 0) is 31.0 Å². The molecule has 1 amide bonds. The van der Waals surface area contributed by atoms with Crippen molar-refractivity contribution in [2.45, 2.75) is 25.3 Å². The van der Waals surface area contributed by atoms with E-state index in [0.717, 1.165) is 11.3 Å². The Hall–Kier alpha value is -3.18. The highest BCUT2D eigenvalue weighted by Crippen LogP contribution is 2.26. The van der Waals surface area contributed by atoms with Crippen molar-refractivity contribution in [2.24, 2.45) is 11.8 Å². The first-order chi connectivity index (χ1) is 13.9. The van der Waals surface area contributed by atoms with Crippen LogP contribution in [0.25, 0.3) is 0 Å². The number of nitrogens with zero attached hydrogens (tertiary/aromatic N) is 2. The highest BCUT2D eigenvalue weighted by Gasteiger charge is 2.36. The van der Waals surface area contributed by atoms with Gasteiger partial charge in [0.1, 0.15) is 0 Å². The fraction of sp³-hybridized carbons (Fsp3) is 0.429. The highest BCUT2D eigenvalue weighted by atomic mass is 16.5. The third kappa shape index (κ3) is 4.81. The lowest BCUT2D eigenvalue weighted by Crippen LogP contribution is -2.52. The molecule has 0 bridgehead atoms. The molecular weight excluding hydrogens is 370 g/mol. The number of carbonyl (C=O) groups is 2. The largest absolute Gasteiger partial charge is 0.469 e. The number of nitriles is 1. The van der Waals surface area contributed by atoms with Crippen LogP contribution in [-0.4, -0.2) is 42.0 Å². The summed E-state index contributed by atoms with van der Waals surface area (Å²) in [6.45, 7) is 2.96. The SMILES string of the molecule is COC(=O)C1CNCC(C(=O)NC(C)(Cc2ccc(C#N)cc2)c2cnc[nH]2)C1. The molecule has 1 saturated heterocycles. The Balaban J connectivity index is 1.77. The Morgan fingerprint density at radius 1 is 1.31 bits per heavy atom. The number of esters is 1. The molecule has 1 aromatic carbocycles. The molecular formula is C21H25N5O3. The fourth-order valence-electron chi connectivity index (χ4n) is 3.73. The van der Waals surface area contributed by atoms with Gasteiger partial charge >= 0.3 is 5.97 Å². The molecule has 29 heavy (non-hydrogen) atoms. The molecule has 0 aliphatic carbocycles. The summed E-state index contributed by atoms with van der Waals surface area (Å²) >= 11 is 0. The summed E-state index contributed by atoms with van der Waals surface area (Å²) in [5.74, 6) is -1.10. The van der Waals surface area contributed by atoms with Gasteiger partial charge in [-0.3, -0.25) is 9.59 Å². The molecule has 8 nitrogen and oxygen atoms in total. The van der Waals surface area contributed by atoms with Crippen molar-refractivity contribution in [1.29, 1.82) is 5.26 Å². The van der Waals surface area contributed by atoms with Gasteiger partial charge in [0.15, 0.2) is 0 Å². The number of nitrogens with one attached hydrogen (secondary N) is 3. The number of ether oxygens (including phenoxy) is 1. The highest BCUT2D eigenvalue weighted by molar-refractivity contribution is 5.81. The Bertz CT molecular complexity index is 888. The Morgan fingerprint density at radius 3 is 2.66 bits per heavy atom. The van der Waals surface area contributed by atoms with E-state index in [-0.39, 0.29) is 23.7 Å². The molecule has 1 aliphatic heterocycles. The number of benzene rings is 1. The van der Waals surface area contributed by atoms with Crippen molar-refractivity contribution in [2.75, 3.05) is 20.2 Å². The number of amides is 1. The maximum atomic E-state index is 13.1. The number of carbonyl (C=O) groups excluding carboxylic acids is 2. The number of imidazole rings is 1. The number of hydrogen-bond donors (Lipinski definition) is 3. The third-order valence-corrected chi connectivity index (χ3v) is 5.39. The van der Waals surface area contributed by atoms with Crippen LogP contribution in [0.5, 0.6) is 0 Å². The molecule has 0 saturated carbocycles. The summed E-state index contributed by atoms with van der Waals surface area (Å²) < 4.78 is 4.83. The maximum absolute atomic E-state index is 13.1. The molecule has 3 rings (SSSR count). The Labute approximate surface area is 169 Å². The van der Waals surface area contributed by atoms with E-state index in [1.165, 1.54) is 7.11 Å². The zero-order valence-electron chi connectivity index (χ0n) is 16.6. The molecule has 1 fully saturated rings. The van der Waals surface area contributed by atoms with Crippen molar-refractivity contribution in [3.05, 3.63) is 53.6 Å². The van der Waals surface area contributed by atoms with Crippen LogP contribution in [-0.2, 0) is 26.3 Å². The van der Waals surface area contributed by atoms with Gasteiger partial charge in [0.05, 0.1) is 54.3 Å². The van der Waals surface area contributed by atoms with Crippen molar-refractivity contribution in [3.63, 3.8) is 0 Å². The summed E-state index contributed by atoms with van der Waals surface area (Å²) in [5, 5.41) is 15.3. The van der Waals surface area contributed by atoms with E-state index in [4.69, 9.17) is 10.00 Å². The van der Waals surface area contributed by atoms with Gasteiger partial charge in [-0.15, -0.1) is 0 Å². The Kier molecular flexibility index (Phi) is 6.29. The fourth-order valence-corrected chi connectivity index (χ4v) is 3.73. The zero-order valence-corrected chi connectivity index (χ0v) is 16.6. The average Bonchev–Trinajstić information content (AvgIpc) is 3.29. The smallest absolute Gasteiger partial charge is 0.309 e. The third-order valence-electron chi connectivity index (χ3n) is 5.39. The molecule has 3 unspecified atom stereocenters. The lowest BCUT2D eigenvalue weighted by molar-refractivity contribution is -0.147. The van der Waals surface area contributed by atoms with Crippen LogP contribution >= 0.6 is 0 Å². The zero-order chi connectivity index (χ0) is 20.9. The normalized spacial score (nSPS) is 20.9. The van der Waals surface area contributed by atoms with Crippen LogP contribution in [0.1, 0.15) is 30.2 Å². The van der Waals surface area contributed by atoms with Crippen LogP contribution in [0.3, 0.4) is 0 Å².